The number of carbonyl (C=O) groups excluding carboxylic acids is 2. The van der Waals surface area contributed by atoms with Crippen LogP contribution in [0.2, 0.25) is 5.02 Å². The standard InChI is InChI=1S/C21H21ClN2O5/c1-12-9-18(19(27-4)10-17(12)22)24-20(25)13(2)29-21(26)14(3)28-16-7-5-15(11-23)6-8-16/h5-10,13-14H,1-4H3,(H,24,25)/t13-,14+/m0/s1. The highest BCUT2D eigenvalue weighted by atomic mass is 35.5. The molecule has 8 heteroatoms. The maximum Gasteiger partial charge on any atom is 0.347 e. The Hall–Kier alpha value is -3.24. The van der Waals surface area contributed by atoms with Gasteiger partial charge in [-0.2, -0.15) is 5.26 Å². The van der Waals surface area contributed by atoms with Crippen LogP contribution in [0.15, 0.2) is 36.4 Å². The molecule has 0 saturated carbocycles. The van der Waals surface area contributed by atoms with Crippen LogP contribution in [-0.4, -0.2) is 31.2 Å². The zero-order valence-corrected chi connectivity index (χ0v) is 17.2. The van der Waals surface area contributed by atoms with Crippen LogP contribution in [0.1, 0.15) is 25.0 Å². The number of rotatable bonds is 7. The smallest absolute Gasteiger partial charge is 0.347 e. The van der Waals surface area contributed by atoms with Gasteiger partial charge in [0.15, 0.2) is 12.2 Å². The summed E-state index contributed by atoms with van der Waals surface area (Å²) in [5, 5.41) is 12.0. The van der Waals surface area contributed by atoms with E-state index in [1.807, 2.05) is 6.07 Å². The lowest BCUT2D eigenvalue weighted by Crippen LogP contribution is -2.35. The molecule has 0 aliphatic carbocycles. The van der Waals surface area contributed by atoms with Crippen LogP contribution in [0.4, 0.5) is 5.69 Å². The number of hydrogen-bond acceptors (Lipinski definition) is 6. The molecule has 0 saturated heterocycles. The fraction of sp³-hybridized carbons (Fsp3) is 0.286. The molecular weight excluding hydrogens is 396 g/mol. The number of nitrogens with one attached hydrogen (secondary N) is 1. The number of halogens is 1. The Morgan fingerprint density at radius 3 is 2.38 bits per heavy atom. The number of methoxy groups -OCH3 is 1. The lowest BCUT2D eigenvalue weighted by Gasteiger charge is -2.19. The molecule has 1 N–H and O–H groups in total. The van der Waals surface area contributed by atoms with Gasteiger partial charge in [0.2, 0.25) is 0 Å². The molecule has 29 heavy (non-hydrogen) atoms. The number of nitrogens with zero attached hydrogens (tertiary/aromatic N) is 1. The van der Waals surface area contributed by atoms with Crippen LogP contribution in [0.25, 0.3) is 0 Å². The lowest BCUT2D eigenvalue weighted by atomic mass is 10.2. The molecule has 0 spiro atoms. The molecule has 7 nitrogen and oxygen atoms in total. The van der Waals surface area contributed by atoms with Gasteiger partial charge in [0.25, 0.3) is 5.91 Å². The lowest BCUT2D eigenvalue weighted by molar-refractivity contribution is -0.159. The minimum atomic E-state index is -1.06. The number of ether oxygens (including phenoxy) is 3. The third-order valence-electron chi connectivity index (χ3n) is 4.03. The van der Waals surface area contributed by atoms with Gasteiger partial charge in [0.05, 0.1) is 24.4 Å². The maximum absolute atomic E-state index is 12.4. The van der Waals surface area contributed by atoms with E-state index in [1.54, 1.807) is 43.3 Å². The normalized spacial score (nSPS) is 12.3. The van der Waals surface area contributed by atoms with Crippen molar-refractivity contribution in [3.05, 3.63) is 52.5 Å². The Balaban J connectivity index is 1.97. The van der Waals surface area contributed by atoms with Crippen molar-refractivity contribution in [3.63, 3.8) is 0 Å². The number of amides is 1. The zero-order chi connectivity index (χ0) is 21.6. The first-order valence-electron chi connectivity index (χ1n) is 8.77. The molecule has 2 aromatic carbocycles. The molecular formula is C21H21ClN2O5. The van der Waals surface area contributed by atoms with Crippen molar-refractivity contribution in [2.24, 2.45) is 0 Å². The highest BCUT2D eigenvalue weighted by Crippen LogP contribution is 2.31. The first-order chi connectivity index (χ1) is 13.7. The Morgan fingerprint density at radius 2 is 1.79 bits per heavy atom. The number of hydrogen-bond donors (Lipinski definition) is 1. The van der Waals surface area contributed by atoms with Crippen LogP contribution < -0.4 is 14.8 Å². The first-order valence-corrected chi connectivity index (χ1v) is 9.15. The largest absolute Gasteiger partial charge is 0.495 e. The second-order valence-corrected chi connectivity index (χ2v) is 6.67. The maximum atomic E-state index is 12.4. The molecule has 0 aliphatic rings. The van der Waals surface area contributed by atoms with E-state index in [-0.39, 0.29) is 0 Å². The van der Waals surface area contributed by atoms with Crippen LogP contribution in [0.3, 0.4) is 0 Å². The number of benzene rings is 2. The molecule has 2 rings (SSSR count). The van der Waals surface area contributed by atoms with Crippen LogP contribution in [0, 0.1) is 18.3 Å². The topological polar surface area (TPSA) is 97.7 Å². The monoisotopic (exact) mass is 416 g/mol. The number of carbonyl (C=O) groups is 2. The Kier molecular flexibility index (Phi) is 7.46. The number of aryl methyl sites for hydroxylation is 1. The van der Waals surface area contributed by atoms with E-state index < -0.39 is 24.1 Å². The minimum absolute atomic E-state index is 0.394. The van der Waals surface area contributed by atoms with E-state index in [4.69, 9.17) is 31.1 Å². The fourth-order valence-electron chi connectivity index (χ4n) is 2.35. The van der Waals surface area contributed by atoms with E-state index in [9.17, 15) is 9.59 Å². The average molecular weight is 417 g/mol. The first kappa shape index (κ1) is 22.1. The van der Waals surface area contributed by atoms with E-state index >= 15 is 0 Å². The highest BCUT2D eigenvalue weighted by molar-refractivity contribution is 6.31. The summed E-state index contributed by atoms with van der Waals surface area (Å²) in [4.78, 5) is 24.7. The van der Waals surface area contributed by atoms with Gasteiger partial charge >= 0.3 is 5.97 Å². The summed E-state index contributed by atoms with van der Waals surface area (Å²) < 4.78 is 15.9. The second kappa shape index (κ2) is 9.80. The number of nitriles is 1. The molecule has 0 unspecified atom stereocenters. The Bertz CT molecular complexity index is 937. The molecule has 0 heterocycles. The number of esters is 1. The highest BCUT2D eigenvalue weighted by Gasteiger charge is 2.24. The summed E-state index contributed by atoms with van der Waals surface area (Å²) >= 11 is 6.06. The quantitative estimate of drug-likeness (QED) is 0.688. The van der Waals surface area contributed by atoms with Gasteiger partial charge in [0, 0.05) is 11.1 Å². The van der Waals surface area contributed by atoms with E-state index in [0.717, 1.165) is 5.56 Å². The van der Waals surface area contributed by atoms with Crippen molar-refractivity contribution in [2.75, 3.05) is 12.4 Å². The molecule has 0 radical (unpaired) electrons. The van der Waals surface area contributed by atoms with Crippen LogP contribution >= 0.6 is 11.6 Å². The van der Waals surface area contributed by atoms with Crippen molar-refractivity contribution < 1.29 is 23.8 Å². The van der Waals surface area contributed by atoms with Gasteiger partial charge in [-0.15, -0.1) is 0 Å². The van der Waals surface area contributed by atoms with Gasteiger partial charge < -0.3 is 19.5 Å². The third kappa shape index (κ3) is 5.87. The SMILES string of the molecule is COc1cc(Cl)c(C)cc1NC(=O)[C@H](C)OC(=O)[C@@H](C)Oc1ccc(C#N)cc1. The molecule has 2 aromatic rings. The predicted octanol–water partition coefficient (Wildman–Crippen LogP) is 3.87. The number of anilines is 1. The van der Waals surface area contributed by atoms with Crippen LogP contribution in [0.5, 0.6) is 11.5 Å². The Labute approximate surface area is 174 Å². The molecule has 152 valence electrons. The molecule has 0 aliphatic heterocycles. The predicted molar refractivity (Wildman–Crippen MR) is 108 cm³/mol. The fourth-order valence-corrected chi connectivity index (χ4v) is 2.50. The molecule has 0 fully saturated rings. The second-order valence-electron chi connectivity index (χ2n) is 6.27. The van der Waals surface area contributed by atoms with Gasteiger partial charge in [-0.1, -0.05) is 11.6 Å². The zero-order valence-electron chi connectivity index (χ0n) is 16.5. The van der Waals surface area contributed by atoms with Crippen molar-refractivity contribution >= 4 is 29.2 Å². The molecule has 0 aromatic heterocycles. The molecule has 2 atom stereocenters. The van der Waals surface area contributed by atoms with Crippen molar-refractivity contribution in [2.45, 2.75) is 33.0 Å². The van der Waals surface area contributed by atoms with Gasteiger partial charge in [-0.25, -0.2) is 4.79 Å². The summed E-state index contributed by atoms with van der Waals surface area (Å²) in [7, 11) is 1.46. The van der Waals surface area contributed by atoms with Crippen molar-refractivity contribution in [1.29, 1.82) is 5.26 Å². The Morgan fingerprint density at radius 1 is 1.14 bits per heavy atom. The summed E-state index contributed by atoms with van der Waals surface area (Å²) in [6, 6.07) is 11.6. The van der Waals surface area contributed by atoms with E-state index in [0.29, 0.717) is 27.8 Å². The van der Waals surface area contributed by atoms with Gasteiger partial charge in [-0.05, 0) is 56.7 Å². The molecule has 1 amide bonds. The van der Waals surface area contributed by atoms with E-state index in [2.05, 4.69) is 5.32 Å². The van der Waals surface area contributed by atoms with Crippen LogP contribution in [-0.2, 0) is 14.3 Å². The summed E-state index contributed by atoms with van der Waals surface area (Å²) in [5.74, 6) is -0.419. The third-order valence-corrected chi connectivity index (χ3v) is 4.44. The minimum Gasteiger partial charge on any atom is -0.495 e. The van der Waals surface area contributed by atoms with Crippen molar-refractivity contribution in [3.8, 4) is 17.6 Å². The summed E-state index contributed by atoms with van der Waals surface area (Å²) in [6.45, 7) is 4.76. The summed E-state index contributed by atoms with van der Waals surface area (Å²) in [6.07, 6.45) is -2.00. The molecule has 0 bridgehead atoms. The average Bonchev–Trinajstić information content (AvgIpc) is 2.70. The van der Waals surface area contributed by atoms with E-state index in [1.165, 1.54) is 21.0 Å². The summed E-state index contributed by atoms with van der Waals surface area (Å²) in [5.41, 5.74) is 1.66. The van der Waals surface area contributed by atoms with Gasteiger partial charge in [0.1, 0.15) is 11.5 Å². The van der Waals surface area contributed by atoms with Crippen molar-refractivity contribution in [1.82, 2.24) is 0 Å². The van der Waals surface area contributed by atoms with Gasteiger partial charge in [-0.3, -0.25) is 4.79 Å².